The van der Waals surface area contributed by atoms with Crippen molar-refractivity contribution in [1.29, 1.82) is 0 Å². The van der Waals surface area contributed by atoms with E-state index in [4.69, 9.17) is 9.47 Å². The first-order valence-electron chi connectivity index (χ1n) is 12.1. The summed E-state index contributed by atoms with van der Waals surface area (Å²) in [6, 6.07) is 16.3. The molecule has 0 unspecified atom stereocenters. The molecule has 9 heteroatoms. The number of carbonyl (C=O) groups is 2. The smallest absolute Gasteiger partial charge is 0.259 e. The summed E-state index contributed by atoms with van der Waals surface area (Å²) in [6.07, 6.45) is 3.76. The Morgan fingerprint density at radius 2 is 1.64 bits per heavy atom. The van der Waals surface area contributed by atoms with Gasteiger partial charge < -0.3 is 24.6 Å². The Kier molecular flexibility index (Phi) is 8.82. The first-order chi connectivity index (χ1) is 17.6. The summed E-state index contributed by atoms with van der Waals surface area (Å²) >= 11 is 0. The average Bonchev–Trinajstić information content (AvgIpc) is 2.93. The van der Waals surface area contributed by atoms with E-state index in [0.717, 1.165) is 5.56 Å². The monoisotopic (exact) mass is 489 g/mol. The molecule has 0 bridgehead atoms. The zero-order valence-corrected chi connectivity index (χ0v) is 20.4. The van der Waals surface area contributed by atoms with Gasteiger partial charge in [0.2, 0.25) is 11.9 Å². The number of anilines is 2. The van der Waals surface area contributed by atoms with Crippen LogP contribution in [0.1, 0.15) is 22.8 Å². The molecule has 3 aromatic rings. The van der Waals surface area contributed by atoms with Gasteiger partial charge in [0.1, 0.15) is 12.4 Å². The lowest BCUT2D eigenvalue weighted by Crippen LogP contribution is -2.49. The summed E-state index contributed by atoms with van der Waals surface area (Å²) in [6.45, 7) is 6.06. The van der Waals surface area contributed by atoms with Crippen molar-refractivity contribution in [3.05, 3.63) is 78.1 Å². The number of hydrogen-bond donors (Lipinski definition) is 1. The van der Waals surface area contributed by atoms with Crippen LogP contribution in [0.25, 0.3) is 0 Å². The molecule has 1 aliphatic heterocycles. The van der Waals surface area contributed by atoms with Crippen molar-refractivity contribution in [2.75, 3.05) is 56.2 Å². The lowest BCUT2D eigenvalue weighted by Gasteiger charge is -2.34. The van der Waals surface area contributed by atoms with Crippen molar-refractivity contribution in [3.8, 4) is 5.75 Å². The molecule has 2 heterocycles. The van der Waals surface area contributed by atoms with Gasteiger partial charge in [0.05, 0.1) is 18.6 Å². The number of hydrogen-bond acceptors (Lipinski definition) is 7. The molecule has 9 nitrogen and oxygen atoms in total. The summed E-state index contributed by atoms with van der Waals surface area (Å²) in [4.78, 5) is 38.2. The minimum Gasteiger partial charge on any atom is -0.490 e. The van der Waals surface area contributed by atoms with Crippen LogP contribution in [0, 0.1) is 0 Å². The third-order valence-electron chi connectivity index (χ3n) is 5.86. The van der Waals surface area contributed by atoms with Crippen LogP contribution in [0.5, 0.6) is 5.75 Å². The van der Waals surface area contributed by atoms with Gasteiger partial charge in [0, 0.05) is 50.9 Å². The van der Waals surface area contributed by atoms with Gasteiger partial charge in [0.25, 0.3) is 5.91 Å². The van der Waals surface area contributed by atoms with E-state index in [9.17, 15) is 9.59 Å². The molecule has 1 saturated heterocycles. The van der Waals surface area contributed by atoms with Crippen LogP contribution in [0.3, 0.4) is 0 Å². The highest BCUT2D eigenvalue weighted by molar-refractivity contribution is 6.06. The number of nitrogens with zero attached hydrogens (tertiary/aromatic N) is 4. The Labute approximate surface area is 211 Å². The predicted molar refractivity (Wildman–Crippen MR) is 137 cm³/mol. The molecule has 0 saturated carbocycles. The number of aromatic nitrogens is 2. The molecule has 0 atom stereocenters. The lowest BCUT2D eigenvalue weighted by molar-refractivity contribution is -0.130. The Bertz CT molecular complexity index is 1130. The molecule has 1 aromatic heterocycles. The lowest BCUT2D eigenvalue weighted by atomic mass is 10.1. The highest BCUT2D eigenvalue weighted by atomic mass is 16.5. The number of carbonyl (C=O) groups excluding carboxylic acids is 2. The number of para-hydroxylation sites is 1. The second kappa shape index (κ2) is 12.6. The molecule has 2 amide bonds. The summed E-state index contributed by atoms with van der Waals surface area (Å²) in [5.41, 5.74) is 2.00. The number of ether oxygens (including phenoxy) is 2. The normalized spacial score (nSPS) is 13.4. The number of nitrogens with one attached hydrogen (secondary N) is 1. The van der Waals surface area contributed by atoms with E-state index in [1.807, 2.05) is 42.2 Å². The number of amides is 2. The number of rotatable bonds is 10. The summed E-state index contributed by atoms with van der Waals surface area (Å²) in [5.74, 6) is 1.03. The molecule has 1 fully saturated rings. The maximum Gasteiger partial charge on any atom is 0.259 e. The number of piperazine rings is 1. The van der Waals surface area contributed by atoms with Crippen LogP contribution in [-0.2, 0) is 16.0 Å². The third kappa shape index (κ3) is 6.79. The average molecular weight is 490 g/mol. The van der Waals surface area contributed by atoms with Gasteiger partial charge >= 0.3 is 0 Å². The van der Waals surface area contributed by atoms with Gasteiger partial charge in [-0.3, -0.25) is 9.59 Å². The molecule has 36 heavy (non-hydrogen) atoms. The van der Waals surface area contributed by atoms with E-state index < -0.39 is 0 Å². The predicted octanol–water partition coefficient (Wildman–Crippen LogP) is 3.04. The van der Waals surface area contributed by atoms with Gasteiger partial charge in [-0.1, -0.05) is 24.3 Å². The first kappa shape index (κ1) is 25.1. The minimum atomic E-state index is -0.258. The first-order valence-corrected chi connectivity index (χ1v) is 12.1. The Morgan fingerprint density at radius 1 is 0.917 bits per heavy atom. The Morgan fingerprint density at radius 3 is 2.36 bits per heavy atom. The van der Waals surface area contributed by atoms with E-state index >= 15 is 0 Å². The fourth-order valence-electron chi connectivity index (χ4n) is 3.94. The van der Waals surface area contributed by atoms with Crippen molar-refractivity contribution in [1.82, 2.24) is 14.9 Å². The highest BCUT2D eigenvalue weighted by Crippen LogP contribution is 2.20. The third-order valence-corrected chi connectivity index (χ3v) is 5.86. The van der Waals surface area contributed by atoms with Crippen LogP contribution in [-0.4, -0.2) is 72.7 Å². The fraction of sp³-hybridized carbons (Fsp3) is 0.333. The second-order valence-corrected chi connectivity index (χ2v) is 8.29. The van der Waals surface area contributed by atoms with Crippen LogP contribution in [0.15, 0.2) is 67.0 Å². The Hall–Kier alpha value is -3.98. The fourth-order valence-corrected chi connectivity index (χ4v) is 3.94. The summed E-state index contributed by atoms with van der Waals surface area (Å²) in [5, 5.41) is 2.90. The van der Waals surface area contributed by atoms with Crippen LogP contribution >= 0.6 is 0 Å². The van der Waals surface area contributed by atoms with Crippen molar-refractivity contribution in [2.24, 2.45) is 0 Å². The molecule has 4 rings (SSSR count). The zero-order valence-electron chi connectivity index (χ0n) is 20.4. The number of benzene rings is 2. The van der Waals surface area contributed by atoms with Gasteiger partial charge in [-0.15, -0.1) is 0 Å². The largest absolute Gasteiger partial charge is 0.490 e. The van der Waals surface area contributed by atoms with Crippen molar-refractivity contribution in [3.63, 3.8) is 0 Å². The van der Waals surface area contributed by atoms with E-state index in [1.54, 1.807) is 36.7 Å². The SMILES string of the molecule is CCOCCOc1ccccc1C(=O)Nc1ccc(CC(=O)N2CCN(c3ncccn3)CC2)cc1. The van der Waals surface area contributed by atoms with Crippen molar-refractivity contribution < 1.29 is 19.1 Å². The summed E-state index contributed by atoms with van der Waals surface area (Å²) in [7, 11) is 0. The molecule has 0 aliphatic carbocycles. The van der Waals surface area contributed by atoms with Crippen molar-refractivity contribution in [2.45, 2.75) is 13.3 Å². The molecule has 1 N–H and O–H groups in total. The molecule has 1 aliphatic rings. The van der Waals surface area contributed by atoms with E-state index in [0.29, 0.717) is 75.4 Å². The molecular weight excluding hydrogens is 458 g/mol. The molecule has 0 spiro atoms. The van der Waals surface area contributed by atoms with E-state index in [1.165, 1.54) is 0 Å². The van der Waals surface area contributed by atoms with Crippen molar-refractivity contribution >= 4 is 23.5 Å². The molecule has 0 radical (unpaired) electrons. The van der Waals surface area contributed by atoms with Gasteiger partial charge in [-0.05, 0) is 42.8 Å². The topological polar surface area (TPSA) is 96.9 Å². The van der Waals surface area contributed by atoms with Crippen LogP contribution in [0.4, 0.5) is 11.6 Å². The Balaban J connectivity index is 1.27. The standard InChI is InChI=1S/C27H31N5O4/c1-2-35-18-19-36-24-7-4-3-6-23(24)26(34)30-22-10-8-21(9-11-22)20-25(33)31-14-16-32(17-15-31)27-28-12-5-13-29-27/h3-13H,2,14-20H2,1H3,(H,30,34). The summed E-state index contributed by atoms with van der Waals surface area (Å²) < 4.78 is 11.0. The molecular formula is C27H31N5O4. The highest BCUT2D eigenvalue weighted by Gasteiger charge is 2.22. The maximum atomic E-state index is 12.8. The van der Waals surface area contributed by atoms with Crippen LogP contribution in [0.2, 0.25) is 0 Å². The van der Waals surface area contributed by atoms with Gasteiger partial charge in [0.15, 0.2) is 0 Å². The van der Waals surface area contributed by atoms with Gasteiger partial charge in [-0.2, -0.15) is 0 Å². The molecule has 2 aromatic carbocycles. The van der Waals surface area contributed by atoms with Crippen LogP contribution < -0.4 is 15.0 Å². The maximum absolute atomic E-state index is 12.8. The van der Waals surface area contributed by atoms with Gasteiger partial charge in [-0.25, -0.2) is 9.97 Å². The minimum absolute atomic E-state index is 0.0820. The second-order valence-electron chi connectivity index (χ2n) is 8.29. The zero-order chi connectivity index (χ0) is 25.2. The molecule has 188 valence electrons. The van der Waals surface area contributed by atoms with E-state index in [2.05, 4.69) is 20.2 Å². The van der Waals surface area contributed by atoms with E-state index in [-0.39, 0.29) is 11.8 Å². The quantitative estimate of drug-likeness (QED) is 0.437.